The molecule has 3 amide bonds. The van der Waals surface area contributed by atoms with E-state index in [0.29, 0.717) is 26.1 Å². The lowest BCUT2D eigenvalue weighted by Gasteiger charge is -2.42. The number of hydrogen-bond acceptors (Lipinski definition) is 5. The first kappa shape index (κ1) is 26.8. The topological polar surface area (TPSA) is 81.2 Å². The van der Waals surface area contributed by atoms with Gasteiger partial charge in [-0.3, -0.25) is 14.4 Å². The number of aliphatic hydroxyl groups is 1. The molecule has 3 rings (SSSR count). The van der Waals surface area contributed by atoms with E-state index in [9.17, 15) is 19.5 Å². The third kappa shape index (κ3) is 4.55. The van der Waals surface area contributed by atoms with Gasteiger partial charge in [0.1, 0.15) is 6.04 Å². The van der Waals surface area contributed by atoms with Crippen LogP contribution in [0.2, 0.25) is 0 Å². The number of carbonyl (C=O) groups is 3. The fraction of sp³-hybridized carbons (Fsp3) is 0.731. The molecule has 190 valence electrons. The molecule has 1 N–H and O–H groups in total. The Hall–Kier alpha value is -1.80. The predicted octanol–water partition coefficient (Wildman–Crippen LogP) is 2.70. The van der Waals surface area contributed by atoms with Gasteiger partial charge in [0.25, 0.3) is 0 Å². The van der Waals surface area contributed by atoms with Crippen molar-refractivity contribution in [3.05, 3.63) is 25.3 Å². The highest BCUT2D eigenvalue weighted by Gasteiger charge is 2.74. The average Bonchev–Trinajstić information content (AvgIpc) is 3.41. The largest absolute Gasteiger partial charge is 0.396 e. The lowest BCUT2D eigenvalue weighted by molar-refractivity contribution is -0.146. The van der Waals surface area contributed by atoms with Crippen molar-refractivity contribution in [2.45, 2.75) is 74.5 Å². The van der Waals surface area contributed by atoms with Crippen molar-refractivity contribution in [3.8, 4) is 0 Å². The number of aliphatic hydroxyl groups excluding tert-OH is 1. The predicted molar refractivity (Wildman–Crippen MR) is 136 cm³/mol. The van der Waals surface area contributed by atoms with Crippen LogP contribution in [0.3, 0.4) is 0 Å². The van der Waals surface area contributed by atoms with Crippen molar-refractivity contribution in [1.29, 1.82) is 0 Å². The molecule has 0 aromatic heterocycles. The summed E-state index contributed by atoms with van der Waals surface area (Å²) in [6.45, 7) is 15.0. The van der Waals surface area contributed by atoms with Crippen LogP contribution >= 0.6 is 11.8 Å². The maximum atomic E-state index is 14.2. The van der Waals surface area contributed by atoms with Gasteiger partial charge in [-0.05, 0) is 52.9 Å². The second-order valence-corrected chi connectivity index (χ2v) is 12.4. The third-order valence-electron chi connectivity index (χ3n) is 7.54. The summed E-state index contributed by atoms with van der Waals surface area (Å²) >= 11 is 1.71. The Morgan fingerprint density at radius 3 is 2.44 bits per heavy atom. The van der Waals surface area contributed by atoms with Crippen LogP contribution in [0.15, 0.2) is 25.3 Å². The van der Waals surface area contributed by atoms with E-state index in [1.807, 2.05) is 25.7 Å². The van der Waals surface area contributed by atoms with E-state index in [0.717, 1.165) is 25.7 Å². The van der Waals surface area contributed by atoms with Crippen LogP contribution in [-0.2, 0) is 14.4 Å². The first-order valence-corrected chi connectivity index (χ1v) is 13.3. The van der Waals surface area contributed by atoms with Crippen LogP contribution in [-0.4, -0.2) is 92.4 Å². The van der Waals surface area contributed by atoms with E-state index in [4.69, 9.17) is 0 Å². The summed E-state index contributed by atoms with van der Waals surface area (Å²) in [5.41, 5.74) is -0.424. The fourth-order valence-electron chi connectivity index (χ4n) is 6.03. The van der Waals surface area contributed by atoms with Gasteiger partial charge in [0.15, 0.2) is 0 Å². The summed E-state index contributed by atoms with van der Waals surface area (Å²) in [5, 5.41) is 9.23. The van der Waals surface area contributed by atoms with Gasteiger partial charge < -0.3 is 19.8 Å². The Bertz CT molecular complexity index is 825. The van der Waals surface area contributed by atoms with Crippen LogP contribution in [0, 0.1) is 11.8 Å². The van der Waals surface area contributed by atoms with Crippen LogP contribution in [0.1, 0.15) is 52.9 Å². The molecule has 0 saturated carbocycles. The molecular weight excluding hydrogens is 450 g/mol. The van der Waals surface area contributed by atoms with Crippen molar-refractivity contribution < 1.29 is 19.5 Å². The number of thioether (sulfide) groups is 1. The molecule has 5 atom stereocenters. The van der Waals surface area contributed by atoms with Crippen molar-refractivity contribution in [3.63, 3.8) is 0 Å². The highest BCUT2D eigenvalue weighted by atomic mass is 32.2. The van der Waals surface area contributed by atoms with Crippen LogP contribution in [0.5, 0.6) is 0 Å². The van der Waals surface area contributed by atoms with Gasteiger partial charge in [-0.2, -0.15) is 0 Å². The quantitative estimate of drug-likeness (QED) is 0.355. The van der Waals surface area contributed by atoms with Crippen LogP contribution in [0.4, 0.5) is 0 Å². The molecule has 3 heterocycles. The molecule has 34 heavy (non-hydrogen) atoms. The standard InChI is InChI=1S/C26H41N3O4S/c1-7-14-27(6)22(31)19-18-12-13-26(34-18)20(19)23(32)28(16-10-9-11-17-30)21(26)24(33)29(15-8-2)25(3,4)5/h7-8,18-21,30H,1-2,9-17H2,3-6H3/t18-,19+,20-,21?,26?/m0/s1. The summed E-state index contributed by atoms with van der Waals surface area (Å²) in [5.74, 6) is -1.02. The van der Waals surface area contributed by atoms with Gasteiger partial charge >= 0.3 is 0 Å². The number of likely N-dealkylation sites (tertiary alicyclic amines) is 1. The smallest absolute Gasteiger partial charge is 0.247 e. The number of rotatable bonds is 11. The zero-order valence-electron chi connectivity index (χ0n) is 21.2. The minimum atomic E-state index is -0.587. The summed E-state index contributed by atoms with van der Waals surface area (Å²) in [6, 6.07) is -0.587. The van der Waals surface area contributed by atoms with Gasteiger partial charge in [-0.25, -0.2) is 0 Å². The molecule has 3 fully saturated rings. The van der Waals surface area contributed by atoms with Gasteiger partial charge in [0.05, 0.1) is 16.6 Å². The molecule has 1 spiro atoms. The summed E-state index contributed by atoms with van der Waals surface area (Å²) < 4.78 is -0.574. The minimum absolute atomic E-state index is 0.0237. The average molecular weight is 492 g/mol. The van der Waals surface area contributed by atoms with Crippen LogP contribution in [0.25, 0.3) is 0 Å². The number of fused-ring (bicyclic) bond motifs is 1. The highest BCUT2D eigenvalue weighted by Crippen LogP contribution is 2.66. The number of nitrogens with zero attached hydrogens (tertiary/aromatic N) is 3. The SMILES string of the molecule is C=CCN(C)C(=O)[C@@H]1[C@@H]2CCC3(S2)C(C(=O)N(CC=C)C(C)(C)C)N(CCCCCO)C(=O)[C@H]13. The molecule has 3 aliphatic heterocycles. The first-order valence-electron chi connectivity index (χ1n) is 12.4. The maximum absolute atomic E-state index is 14.2. The second-order valence-electron chi connectivity index (χ2n) is 10.8. The van der Waals surface area contributed by atoms with E-state index in [1.54, 1.807) is 40.8 Å². The lowest BCUT2D eigenvalue weighted by atomic mass is 9.70. The highest BCUT2D eigenvalue weighted by molar-refractivity contribution is 8.02. The molecule has 0 radical (unpaired) electrons. The van der Waals surface area contributed by atoms with E-state index in [1.165, 1.54) is 0 Å². The molecule has 7 nitrogen and oxygen atoms in total. The molecular formula is C26H41N3O4S. The lowest BCUT2D eigenvalue weighted by Crippen LogP contribution is -2.58. The van der Waals surface area contributed by atoms with Crippen molar-refractivity contribution in [2.75, 3.05) is 33.3 Å². The zero-order chi connectivity index (χ0) is 25.3. The van der Waals surface area contributed by atoms with E-state index in [-0.39, 0.29) is 29.6 Å². The van der Waals surface area contributed by atoms with Crippen molar-refractivity contribution in [2.24, 2.45) is 11.8 Å². The van der Waals surface area contributed by atoms with Gasteiger partial charge in [-0.1, -0.05) is 12.2 Å². The molecule has 2 bridgehead atoms. The number of likely N-dealkylation sites (N-methyl/N-ethyl adjacent to an activating group) is 1. The number of carbonyl (C=O) groups excluding carboxylic acids is 3. The van der Waals surface area contributed by atoms with E-state index in [2.05, 4.69) is 13.2 Å². The Balaban J connectivity index is 2.01. The van der Waals surface area contributed by atoms with E-state index < -0.39 is 28.2 Å². The summed E-state index contributed by atoms with van der Waals surface area (Å²) in [6.07, 6.45) is 7.21. The first-order chi connectivity index (χ1) is 16.0. The Labute approximate surface area is 208 Å². The monoisotopic (exact) mass is 491 g/mol. The van der Waals surface area contributed by atoms with E-state index >= 15 is 0 Å². The fourth-order valence-corrected chi connectivity index (χ4v) is 8.24. The Morgan fingerprint density at radius 2 is 1.85 bits per heavy atom. The molecule has 3 aliphatic rings. The zero-order valence-corrected chi connectivity index (χ0v) is 22.0. The maximum Gasteiger partial charge on any atom is 0.247 e. The molecule has 0 aromatic carbocycles. The molecule has 8 heteroatoms. The number of unbranched alkanes of at least 4 members (excludes halogenated alkanes) is 2. The minimum Gasteiger partial charge on any atom is -0.396 e. The van der Waals surface area contributed by atoms with Crippen LogP contribution < -0.4 is 0 Å². The van der Waals surface area contributed by atoms with Gasteiger partial charge in [-0.15, -0.1) is 24.9 Å². The summed E-state index contributed by atoms with van der Waals surface area (Å²) in [7, 11) is 1.76. The number of hydrogen-bond donors (Lipinski definition) is 1. The Morgan fingerprint density at radius 1 is 1.18 bits per heavy atom. The normalized spacial score (nSPS) is 29.8. The third-order valence-corrected chi connectivity index (χ3v) is 9.49. The molecule has 0 aromatic rings. The van der Waals surface area contributed by atoms with Crippen molar-refractivity contribution in [1.82, 2.24) is 14.7 Å². The van der Waals surface area contributed by atoms with Gasteiger partial charge in [0, 0.05) is 44.1 Å². The molecule has 0 aliphatic carbocycles. The number of amides is 3. The molecule has 3 saturated heterocycles. The van der Waals surface area contributed by atoms with Gasteiger partial charge in [0.2, 0.25) is 17.7 Å². The Kier molecular flexibility index (Phi) is 8.23. The van der Waals surface area contributed by atoms with Crippen molar-refractivity contribution >= 4 is 29.5 Å². The molecule has 2 unspecified atom stereocenters. The summed E-state index contributed by atoms with van der Waals surface area (Å²) in [4.78, 5) is 46.8. The second kappa shape index (κ2) is 10.4.